The van der Waals surface area contributed by atoms with Crippen molar-refractivity contribution < 1.29 is 74.1 Å². The summed E-state index contributed by atoms with van der Waals surface area (Å²) in [4.78, 5) is 71.2. The van der Waals surface area contributed by atoms with Gasteiger partial charge in [-0.1, -0.05) is 17.3 Å². The smallest absolute Gasteiger partial charge is 0.418 e. The zero-order chi connectivity index (χ0) is 46.4. The van der Waals surface area contributed by atoms with Crippen molar-refractivity contribution in [1.82, 2.24) is 25.4 Å². The first-order chi connectivity index (χ1) is 28.6. The fourth-order valence-electron chi connectivity index (χ4n) is 5.46. The molecule has 1 aliphatic rings. The van der Waals surface area contributed by atoms with Gasteiger partial charge in [-0.3, -0.25) is 24.0 Å². The Bertz CT molecular complexity index is 2300. The molecule has 2 aromatic heterocycles. The highest BCUT2D eigenvalue weighted by Crippen LogP contribution is 2.47. The predicted octanol–water partition coefficient (Wildman–Crippen LogP) is 3.50. The number of thiazole rings is 1. The van der Waals surface area contributed by atoms with E-state index in [1.165, 1.54) is 19.2 Å². The first-order valence-electron chi connectivity index (χ1n) is 18.7. The van der Waals surface area contributed by atoms with Crippen LogP contribution in [0.5, 0.6) is 5.75 Å². The van der Waals surface area contributed by atoms with Crippen molar-refractivity contribution in [3.8, 4) is 16.9 Å². The first-order valence-corrected chi connectivity index (χ1v) is 22.6. The van der Waals surface area contributed by atoms with Crippen LogP contribution in [-0.4, -0.2) is 111 Å². The number of nitrogens with one attached hydrogen (secondary N) is 3. The monoisotopic (exact) mass is 931 g/mol. The van der Waals surface area contributed by atoms with Crippen LogP contribution in [0.3, 0.4) is 0 Å². The zero-order valence-corrected chi connectivity index (χ0v) is 38.3. The second-order valence-electron chi connectivity index (χ2n) is 16.2. The number of alkyl carbamates (subject to hydrolysis) is 1. The summed E-state index contributed by atoms with van der Waals surface area (Å²) in [7, 11) is -6.94. The number of carbonyl (C=O) groups is 4. The van der Waals surface area contributed by atoms with E-state index in [1.54, 1.807) is 65.8 Å². The molecule has 5 N–H and O–H groups in total. The van der Waals surface area contributed by atoms with Gasteiger partial charge in [0.25, 0.3) is 17.7 Å². The van der Waals surface area contributed by atoms with Crippen molar-refractivity contribution in [1.29, 1.82) is 0 Å². The summed E-state index contributed by atoms with van der Waals surface area (Å²) in [6, 6.07) is 5.33. The third-order valence-electron chi connectivity index (χ3n) is 8.41. The Morgan fingerprint density at radius 2 is 1.69 bits per heavy atom. The molecule has 62 heavy (non-hydrogen) atoms. The van der Waals surface area contributed by atoms with E-state index < -0.39 is 82.9 Å². The van der Waals surface area contributed by atoms with Gasteiger partial charge in [-0.2, -0.15) is 18.2 Å². The lowest BCUT2D eigenvalue weighted by Gasteiger charge is -2.50. The average molecular weight is 932 g/mol. The summed E-state index contributed by atoms with van der Waals surface area (Å²) >= 11 is 0.852. The molecule has 1 aliphatic heterocycles. The topological polar surface area (TPSA) is 289 Å². The number of β-lactam (4-membered cyclic amide) rings is 1. The fraction of sp³-hybridized carbons (Fsp3) is 0.528. The molecule has 2 unspecified atom stereocenters. The van der Waals surface area contributed by atoms with E-state index in [2.05, 4.69) is 30.4 Å². The lowest BCUT2D eigenvalue weighted by molar-refractivity contribution is -0.753. The molecule has 342 valence electrons. The van der Waals surface area contributed by atoms with Crippen LogP contribution in [0.2, 0.25) is 0 Å². The number of ether oxygens (including phenoxy) is 3. The van der Waals surface area contributed by atoms with Crippen molar-refractivity contribution in [3.05, 3.63) is 47.7 Å². The summed E-state index contributed by atoms with van der Waals surface area (Å²) < 4.78 is 74.2. The molecule has 26 heteroatoms. The van der Waals surface area contributed by atoms with Gasteiger partial charge in [0.05, 0.1) is 23.8 Å². The number of carbonyl (C=O) groups excluding carboxylic acids is 4. The van der Waals surface area contributed by atoms with E-state index in [1.807, 2.05) is 28.8 Å². The number of oxime groups is 1. The van der Waals surface area contributed by atoms with Crippen LogP contribution in [0.1, 0.15) is 67.5 Å². The molecule has 4 amide bonds. The van der Waals surface area contributed by atoms with Gasteiger partial charge in [-0.15, -0.1) is 20.3 Å². The summed E-state index contributed by atoms with van der Waals surface area (Å²) in [5.74, 6) is -3.76. The minimum absolute atomic E-state index is 0.0477. The summed E-state index contributed by atoms with van der Waals surface area (Å²) in [5.41, 5.74) is -2.15. The van der Waals surface area contributed by atoms with Crippen LogP contribution < -0.4 is 25.4 Å². The number of hydrogen-bond donors (Lipinski definition) is 5. The SMILES string of the molecule is COP(=O)(O)C(COc1ccc(-c2cn(CCCNC(=O)OC(C)(C)C)[n+](C)c2)cc1)O/N=C(\C(=O)N[C@@H]1C(=O)N(OS(=O)(=O)O)C1(C)C)c1csc(NC(=O)OC(C)(C)C)n1. The normalized spacial score (nSPS) is 17.0. The maximum absolute atomic E-state index is 13.7. The number of aromatic nitrogens is 3. The standard InChI is InChI=1S/C36H51N8O15PS2/c1-34(2,3)56-32(47)37-16-11-17-43-19-23(18-42(43)9)22-12-14-24(15-13-22)55-20-26(60(49,50)54-10)58-41-27(25-21-61-31(38-25)40-33(48)57-35(4,5)6)29(45)39-28-30(46)44(36(28,7)8)59-62(51,52)53/h12-15,18-19,21,26,28H,11,16-17,20H2,1-10H3,(H4-,37,38,39,40,45,47,48,49,50,51,52,53)/p+1/b41-27-/t26?,28-/m1/s1. The second-order valence-corrected chi connectivity index (χ2v) is 20.1. The lowest BCUT2D eigenvalue weighted by Crippen LogP contribution is -2.76. The first kappa shape index (κ1) is 49.5. The largest absolute Gasteiger partial charge is 0.489 e. The minimum atomic E-state index is -5.10. The highest BCUT2D eigenvalue weighted by atomic mass is 32.3. The number of anilines is 1. The number of benzene rings is 1. The molecule has 1 saturated heterocycles. The van der Waals surface area contributed by atoms with Crippen molar-refractivity contribution in [2.75, 3.05) is 25.6 Å². The van der Waals surface area contributed by atoms with Gasteiger partial charge in [0.1, 0.15) is 35.3 Å². The maximum Gasteiger partial charge on any atom is 0.418 e. The molecule has 0 bridgehead atoms. The number of hydroxylamine groups is 2. The molecule has 0 radical (unpaired) electrons. The number of aryl methyl sites for hydroxylation is 2. The van der Waals surface area contributed by atoms with Crippen molar-refractivity contribution in [2.24, 2.45) is 12.2 Å². The van der Waals surface area contributed by atoms with Gasteiger partial charge in [-0.05, 0) is 79.5 Å². The number of hydrogen-bond acceptors (Lipinski definition) is 16. The quantitative estimate of drug-likeness (QED) is 0.0232. The minimum Gasteiger partial charge on any atom is -0.489 e. The van der Waals surface area contributed by atoms with Gasteiger partial charge < -0.3 is 39.1 Å². The molecule has 0 spiro atoms. The van der Waals surface area contributed by atoms with E-state index in [0.29, 0.717) is 24.6 Å². The van der Waals surface area contributed by atoms with Crippen molar-refractivity contribution >= 4 is 64.2 Å². The van der Waals surface area contributed by atoms with E-state index in [9.17, 15) is 37.1 Å². The van der Waals surface area contributed by atoms with Crippen LogP contribution in [0.4, 0.5) is 14.7 Å². The Labute approximate surface area is 362 Å². The van der Waals surface area contributed by atoms with Crippen LogP contribution >= 0.6 is 18.9 Å². The summed E-state index contributed by atoms with van der Waals surface area (Å²) in [6.45, 7) is 13.4. The molecule has 1 aromatic carbocycles. The zero-order valence-electron chi connectivity index (χ0n) is 35.7. The third-order valence-corrected chi connectivity index (χ3v) is 11.0. The van der Waals surface area contributed by atoms with Crippen LogP contribution in [0, 0.1) is 0 Å². The fourth-order valence-corrected chi connectivity index (χ4v) is 7.26. The highest BCUT2D eigenvalue weighted by Gasteiger charge is 2.58. The maximum atomic E-state index is 13.7. The summed E-state index contributed by atoms with van der Waals surface area (Å²) in [6.07, 6.45) is 3.14. The van der Waals surface area contributed by atoms with E-state index in [4.69, 9.17) is 28.1 Å². The second kappa shape index (κ2) is 19.5. The Morgan fingerprint density at radius 3 is 2.27 bits per heavy atom. The van der Waals surface area contributed by atoms with Crippen LogP contribution in [0.15, 0.2) is 47.2 Å². The van der Waals surface area contributed by atoms with Gasteiger partial charge in [0.2, 0.25) is 6.20 Å². The van der Waals surface area contributed by atoms with Gasteiger partial charge >= 0.3 is 30.2 Å². The number of rotatable bonds is 18. The van der Waals surface area contributed by atoms with E-state index in [-0.39, 0.29) is 16.6 Å². The van der Waals surface area contributed by atoms with Gasteiger partial charge in [-0.25, -0.2) is 14.6 Å². The Hall–Kier alpha value is -5.17. The average Bonchev–Trinajstić information content (AvgIpc) is 3.76. The Kier molecular flexibility index (Phi) is 15.5. The lowest BCUT2D eigenvalue weighted by atomic mass is 9.84. The molecule has 4 rings (SSSR count). The molecule has 3 aromatic rings. The van der Waals surface area contributed by atoms with Gasteiger partial charge in [0, 0.05) is 19.0 Å². The molecule has 23 nitrogen and oxygen atoms in total. The molecule has 3 atom stereocenters. The molecule has 0 aliphatic carbocycles. The Morgan fingerprint density at radius 1 is 1.06 bits per heavy atom. The van der Waals surface area contributed by atoms with Crippen LogP contribution in [0.25, 0.3) is 11.1 Å². The van der Waals surface area contributed by atoms with Crippen LogP contribution in [-0.2, 0) is 61.3 Å². The van der Waals surface area contributed by atoms with Gasteiger partial charge in [0.15, 0.2) is 17.9 Å². The Balaban J connectivity index is 1.50. The molecular weight excluding hydrogens is 880 g/mol. The van der Waals surface area contributed by atoms with Crippen molar-refractivity contribution in [3.63, 3.8) is 0 Å². The molecular formula is C36H52N8O15PS2+. The highest BCUT2D eigenvalue weighted by molar-refractivity contribution is 7.80. The third kappa shape index (κ3) is 13.9. The number of amides is 4. The summed E-state index contributed by atoms with van der Waals surface area (Å²) in [5, 5.41) is 12.9. The van der Waals surface area contributed by atoms with Crippen molar-refractivity contribution in [2.45, 2.75) is 97.0 Å². The molecule has 1 fully saturated rings. The predicted molar refractivity (Wildman–Crippen MR) is 221 cm³/mol. The number of nitrogens with zero attached hydrogens (tertiary/aromatic N) is 5. The van der Waals surface area contributed by atoms with E-state index >= 15 is 0 Å². The molecule has 3 heterocycles. The van der Waals surface area contributed by atoms with E-state index in [0.717, 1.165) is 29.6 Å². The molecule has 0 saturated carbocycles.